The molecule has 4 rings (SSSR count). The monoisotopic (exact) mass is 345 g/mol. The highest BCUT2D eigenvalue weighted by Crippen LogP contribution is 2.27. The van der Waals surface area contributed by atoms with Gasteiger partial charge < -0.3 is 4.42 Å². The average Bonchev–Trinajstić information content (AvgIpc) is 3.15. The number of nitrogens with one attached hydrogen (secondary N) is 1. The molecule has 0 bridgehead atoms. The Morgan fingerprint density at radius 3 is 2.65 bits per heavy atom. The van der Waals surface area contributed by atoms with Crippen molar-refractivity contribution in [3.05, 3.63) is 71.3 Å². The minimum Gasteiger partial charge on any atom is -0.403 e. The van der Waals surface area contributed by atoms with Gasteiger partial charge in [-0.15, -0.1) is 5.10 Å². The largest absolute Gasteiger partial charge is 0.403 e. The number of aryl methyl sites for hydroxylation is 2. The topological polar surface area (TPSA) is 68.0 Å². The van der Waals surface area contributed by atoms with Crippen LogP contribution in [0.5, 0.6) is 0 Å². The molecule has 5 nitrogen and oxygen atoms in total. The zero-order valence-electron chi connectivity index (χ0n) is 14.3. The molecule has 1 amide bonds. The number of rotatable bonds is 4. The molecule has 1 N–H and O–H groups in total. The summed E-state index contributed by atoms with van der Waals surface area (Å²) in [6.45, 7) is 0. The van der Waals surface area contributed by atoms with Gasteiger partial charge >= 0.3 is 6.01 Å². The lowest BCUT2D eigenvalue weighted by atomic mass is 9.90. The standard InChI is InChI=1S/C21H19N3O2/c25-19(13-10-15-6-2-1-3-7-15)22-21-24-23-20(26-21)18-12-11-16-8-4-5-9-17(16)14-18/h1-3,6-7,10-14H,4-5,8-9H2,(H,22,24,25). The molecule has 0 saturated carbocycles. The van der Waals surface area contributed by atoms with Crippen molar-refractivity contribution >= 4 is 18.0 Å². The van der Waals surface area contributed by atoms with Crippen molar-refractivity contribution in [2.24, 2.45) is 0 Å². The number of carbonyl (C=O) groups excluding carboxylic acids is 1. The number of anilines is 1. The Kier molecular flexibility index (Phi) is 4.60. The van der Waals surface area contributed by atoms with Crippen LogP contribution < -0.4 is 5.32 Å². The molecule has 1 aromatic heterocycles. The van der Waals surface area contributed by atoms with Crippen molar-refractivity contribution < 1.29 is 9.21 Å². The second kappa shape index (κ2) is 7.35. The second-order valence-electron chi connectivity index (χ2n) is 6.34. The molecular formula is C21H19N3O2. The summed E-state index contributed by atoms with van der Waals surface area (Å²) in [5.74, 6) is 0.107. The van der Waals surface area contributed by atoms with Crippen LogP contribution in [0.2, 0.25) is 0 Å². The molecule has 0 unspecified atom stereocenters. The molecule has 2 aromatic carbocycles. The van der Waals surface area contributed by atoms with E-state index in [2.05, 4.69) is 27.6 Å². The first-order valence-corrected chi connectivity index (χ1v) is 8.78. The van der Waals surface area contributed by atoms with E-state index in [9.17, 15) is 4.79 Å². The van der Waals surface area contributed by atoms with E-state index < -0.39 is 0 Å². The normalized spacial score (nSPS) is 13.5. The first kappa shape index (κ1) is 16.3. The number of nitrogens with zero attached hydrogens (tertiary/aromatic N) is 2. The van der Waals surface area contributed by atoms with Crippen molar-refractivity contribution in [2.45, 2.75) is 25.7 Å². The van der Waals surface area contributed by atoms with Gasteiger partial charge in [-0.2, -0.15) is 0 Å². The van der Waals surface area contributed by atoms with Gasteiger partial charge in [0.1, 0.15) is 0 Å². The van der Waals surface area contributed by atoms with E-state index in [-0.39, 0.29) is 11.9 Å². The third kappa shape index (κ3) is 3.72. The molecule has 1 heterocycles. The molecule has 0 atom stereocenters. The van der Waals surface area contributed by atoms with Crippen molar-refractivity contribution in [1.29, 1.82) is 0 Å². The Balaban J connectivity index is 1.45. The number of carbonyl (C=O) groups is 1. The molecule has 3 aromatic rings. The van der Waals surface area contributed by atoms with Gasteiger partial charge in [-0.25, -0.2) is 0 Å². The summed E-state index contributed by atoms with van der Waals surface area (Å²) < 4.78 is 5.60. The van der Waals surface area contributed by atoms with Crippen LogP contribution in [-0.4, -0.2) is 16.1 Å². The molecule has 130 valence electrons. The Labute approximate surface area is 151 Å². The fraction of sp³-hybridized carbons (Fsp3) is 0.190. The molecule has 5 heteroatoms. The van der Waals surface area contributed by atoms with Crippen LogP contribution in [0.15, 0.2) is 59.0 Å². The maximum atomic E-state index is 12.0. The van der Waals surface area contributed by atoms with Crippen molar-refractivity contribution in [2.75, 3.05) is 5.32 Å². The van der Waals surface area contributed by atoms with Crippen LogP contribution >= 0.6 is 0 Å². The number of hydrogen-bond acceptors (Lipinski definition) is 4. The minimum absolute atomic E-state index is 0.0976. The molecule has 0 aliphatic heterocycles. The van der Waals surface area contributed by atoms with Crippen LogP contribution in [0.4, 0.5) is 6.01 Å². The lowest BCUT2D eigenvalue weighted by molar-refractivity contribution is -0.112. The van der Waals surface area contributed by atoms with E-state index in [1.165, 1.54) is 30.0 Å². The third-order valence-electron chi connectivity index (χ3n) is 4.48. The molecule has 1 aliphatic carbocycles. The van der Waals surface area contributed by atoms with Gasteiger partial charge in [-0.05, 0) is 60.6 Å². The molecule has 26 heavy (non-hydrogen) atoms. The summed E-state index contributed by atoms with van der Waals surface area (Å²) in [6.07, 6.45) is 7.86. The van der Waals surface area contributed by atoms with E-state index >= 15 is 0 Å². The van der Waals surface area contributed by atoms with Gasteiger partial charge in [0.05, 0.1) is 0 Å². The van der Waals surface area contributed by atoms with Crippen LogP contribution in [0.1, 0.15) is 29.5 Å². The van der Waals surface area contributed by atoms with Crippen molar-refractivity contribution in [3.8, 4) is 11.5 Å². The van der Waals surface area contributed by atoms with E-state index in [4.69, 9.17) is 4.42 Å². The molecule has 0 saturated heterocycles. The predicted molar refractivity (Wildman–Crippen MR) is 100 cm³/mol. The first-order valence-electron chi connectivity index (χ1n) is 8.78. The number of aromatic nitrogens is 2. The summed E-state index contributed by atoms with van der Waals surface area (Å²) in [5.41, 5.74) is 4.59. The zero-order chi connectivity index (χ0) is 17.8. The highest BCUT2D eigenvalue weighted by Gasteiger charge is 2.14. The van der Waals surface area contributed by atoms with Crippen LogP contribution in [0, 0.1) is 0 Å². The van der Waals surface area contributed by atoms with Crippen LogP contribution in [-0.2, 0) is 17.6 Å². The lowest BCUT2D eigenvalue weighted by Crippen LogP contribution is -2.07. The summed E-state index contributed by atoms with van der Waals surface area (Å²) in [7, 11) is 0. The Morgan fingerprint density at radius 2 is 1.81 bits per heavy atom. The van der Waals surface area contributed by atoms with Crippen LogP contribution in [0.3, 0.4) is 0 Å². The van der Waals surface area contributed by atoms with Crippen LogP contribution in [0.25, 0.3) is 17.5 Å². The SMILES string of the molecule is O=C(C=Cc1ccccc1)Nc1nnc(-c2ccc3c(c2)CCCC3)o1. The molecule has 0 fully saturated rings. The lowest BCUT2D eigenvalue weighted by Gasteiger charge is -2.15. The molecule has 0 radical (unpaired) electrons. The van der Waals surface area contributed by atoms with Gasteiger partial charge in [0, 0.05) is 11.6 Å². The number of amides is 1. The van der Waals surface area contributed by atoms with Crippen molar-refractivity contribution in [1.82, 2.24) is 10.2 Å². The minimum atomic E-state index is -0.311. The fourth-order valence-electron chi connectivity index (χ4n) is 3.14. The highest BCUT2D eigenvalue weighted by molar-refractivity contribution is 6.00. The summed E-state index contributed by atoms with van der Waals surface area (Å²) in [6, 6.07) is 15.9. The molecule has 1 aliphatic rings. The second-order valence-corrected chi connectivity index (χ2v) is 6.34. The van der Waals surface area contributed by atoms with E-state index in [0.717, 1.165) is 24.0 Å². The highest BCUT2D eigenvalue weighted by atomic mass is 16.4. The summed E-state index contributed by atoms with van der Waals surface area (Å²) in [5, 5.41) is 10.6. The fourth-order valence-corrected chi connectivity index (χ4v) is 3.14. The number of fused-ring (bicyclic) bond motifs is 1. The number of hydrogen-bond donors (Lipinski definition) is 1. The van der Waals surface area contributed by atoms with Gasteiger partial charge in [0.25, 0.3) is 5.91 Å². The van der Waals surface area contributed by atoms with Gasteiger partial charge in [-0.3, -0.25) is 10.1 Å². The maximum absolute atomic E-state index is 12.0. The zero-order valence-corrected chi connectivity index (χ0v) is 14.3. The Hall–Kier alpha value is -3.21. The first-order chi connectivity index (χ1) is 12.8. The maximum Gasteiger partial charge on any atom is 0.322 e. The summed E-state index contributed by atoms with van der Waals surface area (Å²) >= 11 is 0. The Bertz CT molecular complexity index is 945. The van der Waals surface area contributed by atoms with Gasteiger partial charge in [-0.1, -0.05) is 41.5 Å². The average molecular weight is 345 g/mol. The van der Waals surface area contributed by atoms with E-state index in [1.54, 1.807) is 6.08 Å². The van der Waals surface area contributed by atoms with Crippen molar-refractivity contribution in [3.63, 3.8) is 0 Å². The molecule has 0 spiro atoms. The van der Waals surface area contributed by atoms with Gasteiger partial charge in [0.15, 0.2) is 0 Å². The predicted octanol–water partition coefficient (Wildman–Crippen LogP) is 4.27. The Morgan fingerprint density at radius 1 is 1.00 bits per heavy atom. The summed E-state index contributed by atoms with van der Waals surface area (Å²) in [4.78, 5) is 12.0. The van der Waals surface area contributed by atoms with E-state index in [1.807, 2.05) is 36.4 Å². The van der Waals surface area contributed by atoms with Gasteiger partial charge in [0.2, 0.25) is 5.89 Å². The quantitative estimate of drug-likeness (QED) is 0.717. The number of benzene rings is 2. The van der Waals surface area contributed by atoms with E-state index in [0.29, 0.717) is 5.89 Å². The third-order valence-corrected chi connectivity index (χ3v) is 4.48. The molecular weight excluding hydrogens is 326 g/mol. The smallest absolute Gasteiger partial charge is 0.322 e.